The second-order valence-corrected chi connectivity index (χ2v) is 5.97. The third kappa shape index (κ3) is 3.57. The minimum absolute atomic E-state index is 0.247. The Morgan fingerprint density at radius 2 is 1.95 bits per heavy atom. The van der Waals surface area contributed by atoms with Crippen LogP contribution in [-0.2, 0) is 0 Å². The average Bonchev–Trinajstić information content (AvgIpc) is 3.19. The standard InChI is InChI=1S/C17H18ClN3O/c18-15-7-5-14(6-8-15)17(22)20-19-11-13-9-10-21(12-13)16-3-1-2-4-16/h5-12,16H,1-4H2,(H,20,22)/b19-11-. The Labute approximate surface area is 134 Å². The van der Waals surface area contributed by atoms with Crippen molar-refractivity contribution in [2.24, 2.45) is 5.10 Å². The molecule has 22 heavy (non-hydrogen) atoms. The number of nitrogens with zero attached hydrogens (tertiary/aromatic N) is 2. The molecule has 4 nitrogen and oxygen atoms in total. The van der Waals surface area contributed by atoms with E-state index < -0.39 is 0 Å². The number of hydrogen-bond donors (Lipinski definition) is 1. The van der Waals surface area contributed by atoms with E-state index in [1.807, 2.05) is 6.07 Å². The lowest BCUT2D eigenvalue weighted by atomic mass is 10.2. The molecular formula is C17H18ClN3O. The predicted molar refractivity (Wildman–Crippen MR) is 88.4 cm³/mol. The van der Waals surface area contributed by atoms with Crippen molar-refractivity contribution in [2.75, 3.05) is 0 Å². The highest BCUT2D eigenvalue weighted by Gasteiger charge is 2.15. The van der Waals surface area contributed by atoms with Gasteiger partial charge < -0.3 is 4.57 Å². The Bertz CT molecular complexity index is 669. The molecule has 0 atom stereocenters. The van der Waals surface area contributed by atoms with E-state index in [4.69, 9.17) is 11.6 Å². The van der Waals surface area contributed by atoms with Crippen molar-refractivity contribution in [3.05, 3.63) is 58.9 Å². The molecule has 0 spiro atoms. The Hall–Kier alpha value is -2.07. The van der Waals surface area contributed by atoms with Crippen molar-refractivity contribution in [3.8, 4) is 0 Å². The fourth-order valence-corrected chi connectivity index (χ4v) is 2.89. The van der Waals surface area contributed by atoms with Gasteiger partial charge in [-0.15, -0.1) is 0 Å². The van der Waals surface area contributed by atoms with Crippen LogP contribution in [0.4, 0.5) is 0 Å². The maximum absolute atomic E-state index is 11.9. The number of hydrogen-bond acceptors (Lipinski definition) is 2. The van der Waals surface area contributed by atoms with Crippen LogP contribution in [0.5, 0.6) is 0 Å². The van der Waals surface area contributed by atoms with Crippen LogP contribution in [0.2, 0.25) is 5.02 Å². The molecule has 0 aliphatic heterocycles. The third-order valence-corrected chi connectivity index (χ3v) is 4.22. The molecule has 1 aliphatic rings. The summed E-state index contributed by atoms with van der Waals surface area (Å²) in [6, 6.07) is 9.33. The Balaban J connectivity index is 1.57. The van der Waals surface area contributed by atoms with Crippen molar-refractivity contribution in [1.82, 2.24) is 9.99 Å². The molecule has 114 valence electrons. The summed E-state index contributed by atoms with van der Waals surface area (Å²) in [5.74, 6) is -0.247. The van der Waals surface area contributed by atoms with Crippen molar-refractivity contribution >= 4 is 23.7 Å². The van der Waals surface area contributed by atoms with Crippen LogP contribution in [-0.4, -0.2) is 16.7 Å². The second kappa shape index (κ2) is 6.79. The molecule has 0 unspecified atom stereocenters. The fourth-order valence-electron chi connectivity index (χ4n) is 2.77. The Kier molecular flexibility index (Phi) is 4.59. The van der Waals surface area contributed by atoms with Gasteiger partial charge >= 0.3 is 0 Å². The molecule has 1 heterocycles. The molecule has 1 amide bonds. The maximum atomic E-state index is 11.9. The van der Waals surface area contributed by atoms with E-state index >= 15 is 0 Å². The topological polar surface area (TPSA) is 46.4 Å². The van der Waals surface area contributed by atoms with Crippen molar-refractivity contribution in [1.29, 1.82) is 0 Å². The molecule has 0 radical (unpaired) electrons. The number of nitrogens with one attached hydrogen (secondary N) is 1. The zero-order valence-corrected chi connectivity index (χ0v) is 13.0. The number of amides is 1. The number of benzene rings is 1. The normalized spacial score (nSPS) is 15.5. The third-order valence-electron chi connectivity index (χ3n) is 3.97. The quantitative estimate of drug-likeness (QED) is 0.672. The van der Waals surface area contributed by atoms with Gasteiger partial charge in [-0.05, 0) is 43.2 Å². The van der Waals surface area contributed by atoms with Crippen LogP contribution in [0.15, 0.2) is 47.8 Å². The summed E-state index contributed by atoms with van der Waals surface area (Å²) in [6.45, 7) is 0. The first-order valence-electron chi connectivity index (χ1n) is 7.49. The molecule has 1 aromatic carbocycles. The van der Waals surface area contributed by atoms with E-state index in [1.165, 1.54) is 25.7 Å². The van der Waals surface area contributed by atoms with E-state index in [2.05, 4.69) is 27.5 Å². The first-order chi connectivity index (χ1) is 10.7. The van der Waals surface area contributed by atoms with Crippen LogP contribution in [0, 0.1) is 0 Å². The van der Waals surface area contributed by atoms with E-state index in [0.717, 1.165) is 5.56 Å². The SMILES string of the molecule is O=C(N/N=C\c1ccn(C2CCCC2)c1)c1ccc(Cl)cc1. The van der Waals surface area contributed by atoms with Gasteiger partial charge in [0.2, 0.25) is 0 Å². The minimum atomic E-state index is -0.247. The molecule has 1 aromatic heterocycles. The van der Waals surface area contributed by atoms with Crippen molar-refractivity contribution in [3.63, 3.8) is 0 Å². The van der Waals surface area contributed by atoms with E-state index in [0.29, 0.717) is 16.6 Å². The summed E-state index contributed by atoms with van der Waals surface area (Å²) >= 11 is 5.79. The van der Waals surface area contributed by atoms with Gasteiger partial charge in [0.1, 0.15) is 0 Å². The Morgan fingerprint density at radius 1 is 1.23 bits per heavy atom. The number of carbonyl (C=O) groups is 1. The summed E-state index contributed by atoms with van der Waals surface area (Å²) in [5, 5.41) is 4.61. The van der Waals surface area contributed by atoms with Gasteiger partial charge in [-0.1, -0.05) is 24.4 Å². The summed E-state index contributed by atoms with van der Waals surface area (Å²) in [4.78, 5) is 11.9. The predicted octanol–water partition coefficient (Wildman–Crippen LogP) is 4.02. The van der Waals surface area contributed by atoms with Gasteiger partial charge in [-0.2, -0.15) is 5.10 Å². The van der Waals surface area contributed by atoms with Crippen molar-refractivity contribution < 1.29 is 4.79 Å². The fraction of sp³-hybridized carbons (Fsp3) is 0.294. The summed E-state index contributed by atoms with van der Waals surface area (Å²) in [7, 11) is 0. The minimum Gasteiger partial charge on any atom is -0.351 e. The summed E-state index contributed by atoms with van der Waals surface area (Å²) in [6.07, 6.45) is 10.9. The molecule has 1 N–H and O–H groups in total. The number of aromatic nitrogens is 1. The largest absolute Gasteiger partial charge is 0.351 e. The van der Waals surface area contributed by atoms with Crippen molar-refractivity contribution in [2.45, 2.75) is 31.7 Å². The zero-order chi connectivity index (χ0) is 15.4. The molecule has 1 aliphatic carbocycles. The van der Waals surface area contributed by atoms with Crippen LogP contribution in [0.1, 0.15) is 47.6 Å². The average molecular weight is 316 g/mol. The molecule has 1 saturated carbocycles. The van der Waals surface area contributed by atoms with Gasteiger partial charge in [-0.3, -0.25) is 4.79 Å². The second-order valence-electron chi connectivity index (χ2n) is 5.54. The highest BCUT2D eigenvalue weighted by Crippen LogP contribution is 2.29. The van der Waals surface area contributed by atoms with Crippen LogP contribution in [0.3, 0.4) is 0 Å². The monoisotopic (exact) mass is 315 g/mol. The first kappa shape index (κ1) is 14.9. The molecular weight excluding hydrogens is 298 g/mol. The number of hydrazone groups is 1. The first-order valence-corrected chi connectivity index (χ1v) is 7.86. The molecule has 1 fully saturated rings. The molecule has 5 heteroatoms. The molecule has 2 aromatic rings. The lowest BCUT2D eigenvalue weighted by Gasteiger charge is -2.10. The van der Waals surface area contributed by atoms with Gasteiger partial charge in [0.15, 0.2) is 0 Å². The van der Waals surface area contributed by atoms with Crippen LogP contribution >= 0.6 is 11.6 Å². The van der Waals surface area contributed by atoms with Crippen LogP contribution < -0.4 is 5.43 Å². The van der Waals surface area contributed by atoms with E-state index in [9.17, 15) is 4.79 Å². The number of rotatable bonds is 4. The summed E-state index contributed by atoms with van der Waals surface area (Å²) < 4.78 is 2.25. The van der Waals surface area contributed by atoms with E-state index in [1.54, 1.807) is 30.5 Å². The van der Waals surface area contributed by atoms with Gasteiger partial charge in [0, 0.05) is 34.6 Å². The van der Waals surface area contributed by atoms with Crippen LogP contribution in [0.25, 0.3) is 0 Å². The van der Waals surface area contributed by atoms with E-state index in [-0.39, 0.29) is 5.91 Å². The van der Waals surface area contributed by atoms with Gasteiger partial charge in [0.25, 0.3) is 5.91 Å². The highest BCUT2D eigenvalue weighted by molar-refractivity contribution is 6.30. The van der Waals surface area contributed by atoms with Gasteiger partial charge in [-0.25, -0.2) is 5.43 Å². The molecule has 3 rings (SSSR count). The molecule has 0 bridgehead atoms. The number of carbonyl (C=O) groups excluding carboxylic acids is 1. The van der Waals surface area contributed by atoms with Gasteiger partial charge in [0.05, 0.1) is 6.21 Å². The molecule has 0 saturated heterocycles. The number of halogens is 1. The lowest BCUT2D eigenvalue weighted by molar-refractivity contribution is 0.0955. The lowest BCUT2D eigenvalue weighted by Crippen LogP contribution is -2.17. The maximum Gasteiger partial charge on any atom is 0.271 e. The summed E-state index contributed by atoms with van der Waals surface area (Å²) in [5.41, 5.74) is 4.05. The zero-order valence-electron chi connectivity index (χ0n) is 12.2. The Morgan fingerprint density at radius 3 is 2.68 bits per heavy atom. The highest BCUT2D eigenvalue weighted by atomic mass is 35.5. The smallest absolute Gasteiger partial charge is 0.271 e.